The van der Waals surface area contributed by atoms with Crippen molar-refractivity contribution in [1.82, 2.24) is 4.90 Å². The summed E-state index contributed by atoms with van der Waals surface area (Å²) in [5, 5.41) is 8.49. The Hall–Kier alpha value is -1.52. The summed E-state index contributed by atoms with van der Waals surface area (Å²) < 4.78 is 4.81. The zero-order valence-electron chi connectivity index (χ0n) is 8.94. The van der Waals surface area contributed by atoms with Crippen LogP contribution in [0.4, 0.5) is 4.79 Å². The summed E-state index contributed by atoms with van der Waals surface area (Å²) in [6.45, 7) is 6.16. The predicted molar refractivity (Wildman–Crippen MR) is 55.7 cm³/mol. The van der Waals surface area contributed by atoms with E-state index < -0.39 is 12.1 Å². The van der Waals surface area contributed by atoms with Gasteiger partial charge in [0.05, 0.1) is 6.42 Å². The maximum atomic E-state index is 11.4. The maximum absolute atomic E-state index is 11.4. The highest BCUT2D eigenvalue weighted by atomic mass is 16.6. The molecule has 0 saturated heterocycles. The Bertz CT molecular complexity index is 227. The Kier molecular flexibility index (Phi) is 7.05. The van der Waals surface area contributed by atoms with Crippen LogP contribution in [-0.2, 0) is 9.53 Å². The van der Waals surface area contributed by atoms with E-state index in [1.165, 1.54) is 11.0 Å². The van der Waals surface area contributed by atoms with Crippen molar-refractivity contribution in [2.75, 3.05) is 19.7 Å². The fourth-order valence-corrected chi connectivity index (χ4v) is 1.02. The molecule has 0 aliphatic carbocycles. The van der Waals surface area contributed by atoms with Crippen LogP contribution in [0.1, 0.15) is 19.8 Å². The molecule has 0 atom stereocenters. The first kappa shape index (κ1) is 13.5. The maximum Gasteiger partial charge on any atom is 0.410 e. The fourth-order valence-electron chi connectivity index (χ4n) is 1.02. The molecule has 86 valence electrons. The topological polar surface area (TPSA) is 66.8 Å². The number of ether oxygens (including phenoxy) is 1. The third-order valence-electron chi connectivity index (χ3n) is 1.67. The first-order valence-corrected chi connectivity index (χ1v) is 4.86. The molecule has 0 aliphatic rings. The van der Waals surface area contributed by atoms with E-state index in [1.807, 2.05) is 6.92 Å². The molecule has 0 aromatic heterocycles. The van der Waals surface area contributed by atoms with Crippen molar-refractivity contribution in [3.05, 3.63) is 12.7 Å². The number of rotatable bonds is 7. The molecule has 5 heteroatoms. The van der Waals surface area contributed by atoms with Crippen LogP contribution in [0.25, 0.3) is 0 Å². The molecule has 1 N–H and O–H groups in total. The minimum absolute atomic E-state index is 0.0663. The van der Waals surface area contributed by atoms with E-state index in [4.69, 9.17) is 9.84 Å². The number of carbonyl (C=O) groups excluding carboxylic acids is 1. The molecule has 0 spiro atoms. The van der Waals surface area contributed by atoms with Gasteiger partial charge < -0.3 is 14.7 Å². The Balaban J connectivity index is 4.05. The summed E-state index contributed by atoms with van der Waals surface area (Å²) in [6.07, 6.45) is 1.68. The number of carboxylic acid groups (broad SMARTS) is 1. The van der Waals surface area contributed by atoms with Crippen LogP contribution in [0.3, 0.4) is 0 Å². The highest BCUT2D eigenvalue weighted by molar-refractivity contribution is 5.70. The summed E-state index contributed by atoms with van der Waals surface area (Å²) >= 11 is 0. The standard InChI is InChI=1S/C10H17NO4/c1-3-6-11(7-5-9(12)13)10(14)15-8-4-2/h4H,2-3,5-8H2,1H3,(H,12,13). The highest BCUT2D eigenvalue weighted by Gasteiger charge is 2.14. The molecule has 0 fully saturated rings. The van der Waals surface area contributed by atoms with Gasteiger partial charge in [0.15, 0.2) is 0 Å². The normalized spacial score (nSPS) is 9.40. The van der Waals surface area contributed by atoms with E-state index in [-0.39, 0.29) is 19.6 Å². The lowest BCUT2D eigenvalue weighted by Gasteiger charge is -2.20. The minimum Gasteiger partial charge on any atom is -0.481 e. The molecule has 0 heterocycles. The zero-order chi connectivity index (χ0) is 11.7. The van der Waals surface area contributed by atoms with Crippen molar-refractivity contribution >= 4 is 12.1 Å². The summed E-state index contributed by atoms with van der Waals surface area (Å²) in [6, 6.07) is 0. The van der Waals surface area contributed by atoms with Crippen molar-refractivity contribution in [2.45, 2.75) is 19.8 Å². The molecule has 0 aliphatic heterocycles. The zero-order valence-corrected chi connectivity index (χ0v) is 8.94. The van der Waals surface area contributed by atoms with E-state index in [9.17, 15) is 9.59 Å². The number of hydrogen-bond donors (Lipinski definition) is 1. The Morgan fingerprint density at radius 3 is 2.60 bits per heavy atom. The monoisotopic (exact) mass is 215 g/mol. The fraction of sp³-hybridized carbons (Fsp3) is 0.600. The molecular formula is C10H17NO4. The highest BCUT2D eigenvalue weighted by Crippen LogP contribution is 1.98. The van der Waals surface area contributed by atoms with E-state index in [0.29, 0.717) is 6.54 Å². The lowest BCUT2D eigenvalue weighted by molar-refractivity contribution is -0.137. The van der Waals surface area contributed by atoms with Gasteiger partial charge >= 0.3 is 12.1 Å². The number of carbonyl (C=O) groups is 2. The van der Waals surface area contributed by atoms with Gasteiger partial charge in [0.1, 0.15) is 6.61 Å². The molecule has 0 unspecified atom stereocenters. The van der Waals surface area contributed by atoms with Gasteiger partial charge in [-0.15, -0.1) is 0 Å². The minimum atomic E-state index is -0.923. The molecule has 0 radical (unpaired) electrons. The van der Waals surface area contributed by atoms with Gasteiger partial charge in [-0.2, -0.15) is 0 Å². The molecule has 0 aromatic carbocycles. The van der Waals surface area contributed by atoms with Gasteiger partial charge in [0, 0.05) is 13.1 Å². The predicted octanol–water partition coefficient (Wildman–Crippen LogP) is 1.50. The van der Waals surface area contributed by atoms with Crippen LogP contribution < -0.4 is 0 Å². The second-order valence-corrected chi connectivity index (χ2v) is 3.00. The van der Waals surface area contributed by atoms with Gasteiger partial charge in [-0.3, -0.25) is 4.79 Å². The first-order chi connectivity index (χ1) is 7.11. The van der Waals surface area contributed by atoms with Crippen LogP contribution in [0, 0.1) is 0 Å². The van der Waals surface area contributed by atoms with Crippen molar-refractivity contribution < 1.29 is 19.4 Å². The van der Waals surface area contributed by atoms with Crippen LogP contribution in [-0.4, -0.2) is 41.8 Å². The number of hydrogen-bond acceptors (Lipinski definition) is 3. The molecule has 0 bridgehead atoms. The third-order valence-corrected chi connectivity index (χ3v) is 1.67. The van der Waals surface area contributed by atoms with Crippen LogP contribution in [0.5, 0.6) is 0 Å². The summed E-state index contributed by atoms with van der Waals surface area (Å²) in [4.78, 5) is 23.1. The van der Waals surface area contributed by atoms with Gasteiger partial charge in [0.2, 0.25) is 0 Å². The SMILES string of the molecule is C=CCOC(=O)N(CCC)CCC(=O)O. The third kappa shape index (κ3) is 6.54. The van der Waals surface area contributed by atoms with E-state index >= 15 is 0 Å². The first-order valence-electron chi connectivity index (χ1n) is 4.86. The Labute approximate surface area is 89.3 Å². The van der Waals surface area contributed by atoms with Crippen LogP contribution in [0.2, 0.25) is 0 Å². The molecule has 0 saturated carbocycles. The second kappa shape index (κ2) is 7.84. The molecule has 5 nitrogen and oxygen atoms in total. The summed E-state index contributed by atoms with van der Waals surface area (Å²) in [5.74, 6) is -0.923. The second-order valence-electron chi connectivity index (χ2n) is 3.00. The van der Waals surface area contributed by atoms with Crippen molar-refractivity contribution in [3.63, 3.8) is 0 Å². The average molecular weight is 215 g/mol. The lowest BCUT2D eigenvalue weighted by Crippen LogP contribution is -2.34. The number of carboxylic acids is 1. The summed E-state index contributed by atoms with van der Waals surface area (Å²) in [5.41, 5.74) is 0. The van der Waals surface area contributed by atoms with Crippen LogP contribution >= 0.6 is 0 Å². The molecular weight excluding hydrogens is 198 g/mol. The quantitative estimate of drug-likeness (QED) is 0.653. The van der Waals surface area contributed by atoms with E-state index in [2.05, 4.69) is 6.58 Å². The molecule has 1 amide bonds. The Morgan fingerprint density at radius 1 is 1.47 bits per heavy atom. The summed E-state index contributed by atoms with van der Waals surface area (Å²) in [7, 11) is 0. The van der Waals surface area contributed by atoms with Gasteiger partial charge in [-0.05, 0) is 6.42 Å². The number of aliphatic carboxylic acids is 1. The van der Waals surface area contributed by atoms with Gasteiger partial charge in [-0.25, -0.2) is 4.79 Å². The molecule has 15 heavy (non-hydrogen) atoms. The van der Waals surface area contributed by atoms with E-state index in [0.717, 1.165) is 6.42 Å². The van der Waals surface area contributed by atoms with Gasteiger partial charge in [-0.1, -0.05) is 19.6 Å². The number of nitrogens with zero attached hydrogens (tertiary/aromatic N) is 1. The van der Waals surface area contributed by atoms with Crippen molar-refractivity contribution in [3.8, 4) is 0 Å². The Morgan fingerprint density at radius 2 is 2.13 bits per heavy atom. The molecule has 0 rings (SSSR count). The largest absolute Gasteiger partial charge is 0.481 e. The average Bonchev–Trinajstić information content (AvgIpc) is 2.20. The van der Waals surface area contributed by atoms with Crippen molar-refractivity contribution in [1.29, 1.82) is 0 Å². The smallest absolute Gasteiger partial charge is 0.410 e. The molecule has 0 aromatic rings. The van der Waals surface area contributed by atoms with E-state index in [1.54, 1.807) is 0 Å². The van der Waals surface area contributed by atoms with Crippen molar-refractivity contribution in [2.24, 2.45) is 0 Å². The van der Waals surface area contributed by atoms with Gasteiger partial charge in [0.25, 0.3) is 0 Å². The van der Waals surface area contributed by atoms with Crippen LogP contribution in [0.15, 0.2) is 12.7 Å². The lowest BCUT2D eigenvalue weighted by atomic mass is 10.3. The number of amides is 1.